The zero-order valence-electron chi connectivity index (χ0n) is 12.5. The van der Waals surface area contributed by atoms with Gasteiger partial charge < -0.3 is 4.74 Å². The first kappa shape index (κ1) is 16.5. The maximum atomic E-state index is 13.3. The second-order valence-electron chi connectivity index (χ2n) is 4.87. The Hall–Kier alpha value is -1.92. The van der Waals surface area contributed by atoms with E-state index in [4.69, 9.17) is 4.74 Å². The zero-order chi connectivity index (χ0) is 16.2. The number of hydrogen-bond donors (Lipinski definition) is 1. The summed E-state index contributed by atoms with van der Waals surface area (Å²) in [4.78, 5) is 0.251. The Bertz CT molecular complexity index is 760. The summed E-state index contributed by atoms with van der Waals surface area (Å²) in [5, 5.41) is 0. The van der Waals surface area contributed by atoms with Crippen molar-refractivity contribution in [2.45, 2.75) is 18.2 Å². The van der Waals surface area contributed by atoms with Crippen LogP contribution in [0.15, 0.2) is 47.4 Å². The molecular weight excluding hydrogens is 305 g/mol. The van der Waals surface area contributed by atoms with E-state index in [1.807, 2.05) is 0 Å². The Labute approximate surface area is 130 Å². The molecule has 6 heteroatoms. The van der Waals surface area contributed by atoms with Gasteiger partial charge in [-0.15, -0.1) is 0 Å². The van der Waals surface area contributed by atoms with Gasteiger partial charge in [0.15, 0.2) is 0 Å². The van der Waals surface area contributed by atoms with Gasteiger partial charge in [0.05, 0.1) is 12.0 Å². The van der Waals surface area contributed by atoms with Crippen molar-refractivity contribution in [1.82, 2.24) is 4.72 Å². The molecule has 2 aromatic rings. The molecule has 0 aliphatic heterocycles. The van der Waals surface area contributed by atoms with Crippen molar-refractivity contribution in [2.75, 3.05) is 13.7 Å². The van der Waals surface area contributed by atoms with Crippen LogP contribution in [-0.2, 0) is 16.4 Å². The fraction of sp³-hybridized carbons (Fsp3) is 0.250. The maximum absolute atomic E-state index is 13.3. The Balaban J connectivity index is 2.08. The van der Waals surface area contributed by atoms with Gasteiger partial charge in [0, 0.05) is 6.54 Å². The van der Waals surface area contributed by atoms with E-state index in [9.17, 15) is 12.8 Å². The Kier molecular flexibility index (Phi) is 5.15. The van der Waals surface area contributed by atoms with Crippen molar-refractivity contribution >= 4 is 10.0 Å². The highest BCUT2D eigenvalue weighted by atomic mass is 32.2. The Morgan fingerprint density at radius 1 is 1.18 bits per heavy atom. The maximum Gasteiger partial charge on any atom is 0.240 e. The number of rotatable bonds is 6. The smallest absolute Gasteiger partial charge is 0.240 e. The average molecular weight is 323 g/mol. The Morgan fingerprint density at radius 3 is 2.59 bits per heavy atom. The van der Waals surface area contributed by atoms with Crippen LogP contribution in [-0.4, -0.2) is 22.1 Å². The van der Waals surface area contributed by atoms with Crippen molar-refractivity contribution in [1.29, 1.82) is 0 Å². The third-order valence-electron chi connectivity index (χ3n) is 3.31. The summed E-state index contributed by atoms with van der Waals surface area (Å²) in [6.07, 6.45) is 0.339. The molecule has 0 radical (unpaired) electrons. The minimum atomic E-state index is -3.58. The lowest BCUT2D eigenvalue weighted by atomic mass is 10.1. The normalized spacial score (nSPS) is 11.4. The molecule has 0 unspecified atom stereocenters. The molecule has 0 saturated heterocycles. The van der Waals surface area contributed by atoms with Crippen LogP contribution in [0.1, 0.15) is 11.1 Å². The predicted octanol–water partition coefficient (Wildman–Crippen LogP) is 2.66. The van der Waals surface area contributed by atoms with E-state index >= 15 is 0 Å². The van der Waals surface area contributed by atoms with Crippen LogP contribution >= 0.6 is 0 Å². The molecule has 2 aromatic carbocycles. The molecule has 0 fully saturated rings. The summed E-state index contributed by atoms with van der Waals surface area (Å²) in [5.41, 5.74) is 1.30. The van der Waals surface area contributed by atoms with Gasteiger partial charge in [0.1, 0.15) is 11.6 Å². The molecule has 2 rings (SSSR count). The molecule has 0 aliphatic carbocycles. The van der Waals surface area contributed by atoms with Crippen LogP contribution in [0.3, 0.4) is 0 Å². The first-order valence-corrected chi connectivity index (χ1v) is 8.30. The number of aryl methyl sites for hydroxylation is 1. The number of sulfonamides is 1. The van der Waals surface area contributed by atoms with Crippen molar-refractivity contribution in [3.63, 3.8) is 0 Å². The quantitative estimate of drug-likeness (QED) is 0.889. The van der Waals surface area contributed by atoms with E-state index in [1.165, 1.54) is 25.3 Å². The molecule has 0 saturated carbocycles. The second kappa shape index (κ2) is 6.89. The predicted molar refractivity (Wildman–Crippen MR) is 83.0 cm³/mol. The summed E-state index contributed by atoms with van der Waals surface area (Å²) in [6, 6.07) is 10.9. The highest BCUT2D eigenvalue weighted by Gasteiger charge is 2.16. The number of halogens is 1. The van der Waals surface area contributed by atoms with Crippen LogP contribution in [0.2, 0.25) is 0 Å². The number of hydrogen-bond acceptors (Lipinski definition) is 3. The molecule has 0 heterocycles. The number of benzene rings is 2. The second-order valence-corrected chi connectivity index (χ2v) is 6.60. The Morgan fingerprint density at radius 2 is 1.91 bits per heavy atom. The molecule has 1 N–H and O–H groups in total. The molecule has 118 valence electrons. The van der Waals surface area contributed by atoms with Gasteiger partial charge in [-0.25, -0.2) is 17.5 Å². The molecule has 0 aliphatic rings. The lowest BCUT2D eigenvalue weighted by Crippen LogP contribution is -2.26. The van der Waals surface area contributed by atoms with E-state index in [0.29, 0.717) is 23.3 Å². The largest absolute Gasteiger partial charge is 0.496 e. The summed E-state index contributed by atoms with van der Waals surface area (Å²) >= 11 is 0. The SMILES string of the molecule is COc1ccc(F)cc1CCNS(=O)(=O)c1ccccc1C. The van der Waals surface area contributed by atoms with Crippen molar-refractivity contribution < 1.29 is 17.5 Å². The topological polar surface area (TPSA) is 55.4 Å². The van der Waals surface area contributed by atoms with Crippen molar-refractivity contribution in [3.8, 4) is 5.75 Å². The van der Waals surface area contributed by atoms with Gasteiger partial charge in [-0.3, -0.25) is 0 Å². The number of nitrogens with one attached hydrogen (secondary N) is 1. The molecule has 0 bridgehead atoms. The molecular formula is C16H18FNO3S. The average Bonchev–Trinajstić information content (AvgIpc) is 2.47. The molecule has 4 nitrogen and oxygen atoms in total. The van der Waals surface area contributed by atoms with Gasteiger partial charge in [-0.05, 0) is 48.7 Å². The lowest BCUT2D eigenvalue weighted by Gasteiger charge is -2.11. The zero-order valence-corrected chi connectivity index (χ0v) is 13.3. The minimum absolute atomic E-state index is 0.163. The summed E-state index contributed by atoms with van der Waals surface area (Å²) in [6.45, 7) is 1.90. The third-order valence-corrected chi connectivity index (χ3v) is 4.93. The van der Waals surface area contributed by atoms with Crippen LogP contribution in [0.5, 0.6) is 5.75 Å². The van der Waals surface area contributed by atoms with Crippen LogP contribution < -0.4 is 9.46 Å². The standard InChI is InChI=1S/C16H18FNO3S/c1-12-5-3-4-6-16(12)22(19,20)18-10-9-13-11-14(17)7-8-15(13)21-2/h3-8,11,18H,9-10H2,1-2H3. The number of ether oxygens (including phenoxy) is 1. The fourth-order valence-corrected chi connectivity index (χ4v) is 3.47. The molecule has 0 spiro atoms. The summed E-state index contributed by atoms with van der Waals surface area (Å²) < 4.78 is 45.4. The van der Waals surface area contributed by atoms with E-state index < -0.39 is 10.0 Å². The van der Waals surface area contributed by atoms with Crippen LogP contribution in [0.25, 0.3) is 0 Å². The molecule has 0 aromatic heterocycles. The number of methoxy groups -OCH3 is 1. The molecule has 0 atom stereocenters. The summed E-state index contributed by atoms with van der Waals surface area (Å²) in [5.74, 6) is 0.161. The van der Waals surface area contributed by atoms with Crippen LogP contribution in [0.4, 0.5) is 4.39 Å². The van der Waals surface area contributed by atoms with Gasteiger partial charge >= 0.3 is 0 Å². The van der Waals surface area contributed by atoms with Gasteiger partial charge in [-0.1, -0.05) is 18.2 Å². The summed E-state index contributed by atoms with van der Waals surface area (Å²) in [7, 11) is -2.08. The lowest BCUT2D eigenvalue weighted by molar-refractivity contribution is 0.408. The van der Waals surface area contributed by atoms with E-state index in [1.54, 1.807) is 31.2 Å². The molecule has 0 amide bonds. The van der Waals surface area contributed by atoms with Gasteiger partial charge in [0.2, 0.25) is 10.0 Å². The van der Waals surface area contributed by atoms with Crippen molar-refractivity contribution in [3.05, 3.63) is 59.4 Å². The van der Waals surface area contributed by atoms with Crippen LogP contribution in [0, 0.1) is 12.7 Å². The highest BCUT2D eigenvalue weighted by molar-refractivity contribution is 7.89. The van der Waals surface area contributed by atoms with E-state index in [-0.39, 0.29) is 17.3 Å². The molecule has 22 heavy (non-hydrogen) atoms. The van der Waals surface area contributed by atoms with Gasteiger partial charge in [-0.2, -0.15) is 0 Å². The van der Waals surface area contributed by atoms with E-state index in [2.05, 4.69) is 4.72 Å². The monoisotopic (exact) mass is 323 g/mol. The van der Waals surface area contributed by atoms with E-state index in [0.717, 1.165) is 0 Å². The first-order chi connectivity index (χ1) is 10.4. The highest BCUT2D eigenvalue weighted by Crippen LogP contribution is 2.20. The fourth-order valence-electron chi connectivity index (χ4n) is 2.20. The third kappa shape index (κ3) is 3.84. The minimum Gasteiger partial charge on any atom is -0.496 e. The van der Waals surface area contributed by atoms with Crippen molar-refractivity contribution in [2.24, 2.45) is 0 Å². The first-order valence-electron chi connectivity index (χ1n) is 6.82. The van der Waals surface area contributed by atoms with Gasteiger partial charge in [0.25, 0.3) is 0 Å².